The minimum atomic E-state index is -0.616. The van der Waals surface area contributed by atoms with E-state index in [1.165, 1.54) is 25.6 Å². The van der Waals surface area contributed by atoms with Crippen molar-refractivity contribution in [3.05, 3.63) is 42.2 Å². The Balaban J connectivity index is 1.62. The molecule has 0 radical (unpaired) electrons. The number of carbonyl (C=O) groups excluding carboxylic acids is 1. The molecule has 1 aromatic heterocycles. The van der Waals surface area contributed by atoms with Gasteiger partial charge in [0.25, 0.3) is 5.91 Å². The highest BCUT2D eigenvalue weighted by Gasteiger charge is 2.17. The third-order valence-electron chi connectivity index (χ3n) is 4.26. The number of piperidine rings is 1. The highest BCUT2D eigenvalue weighted by molar-refractivity contribution is 5.93. The molecule has 1 N–H and O–H groups in total. The van der Waals surface area contributed by atoms with Crippen molar-refractivity contribution < 1.29 is 9.53 Å². The third kappa shape index (κ3) is 4.68. The van der Waals surface area contributed by atoms with Crippen LogP contribution in [-0.2, 0) is 4.79 Å². The Morgan fingerprint density at radius 3 is 2.76 bits per heavy atom. The zero-order valence-electron chi connectivity index (χ0n) is 14.7. The van der Waals surface area contributed by atoms with Crippen LogP contribution in [0.25, 0.3) is 0 Å². The molecule has 1 aromatic carbocycles. The lowest BCUT2D eigenvalue weighted by Gasteiger charge is -2.27. The maximum Gasteiger partial charge on any atom is 0.266 e. The van der Waals surface area contributed by atoms with Crippen LogP contribution in [0, 0.1) is 6.92 Å². The number of amides is 1. The van der Waals surface area contributed by atoms with Gasteiger partial charge >= 0.3 is 0 Å². The molecular formula is C19H24N4O2. The van der Waals surface area contributed by atoms with E-state index in [0.717, 1.165) is 24.5 Å². The Kier molecular flexibility index (Phi) is 5.48. The van der Waals surface area contributed by atoms with Crippen LogP contribution >= 0.6 is 0 Å². The van der Waals surface area contributed by atoms with E-state index in [-0.39, 0.29) is 5.91 Å². The third-order valence-corrected chi connectivity index (χ3v) is 4.26. The quantitative estimate of drug-likeness (QED) is 0.905. The molecule has 2 aromatic rings. The summed E-state index contributed by atoms with van der Waals surface area (Å²) in [4.78, 5) is 23.1. The Hall–Kier alpha value is -2.63. The van der Waals surface area contributed by atoms with Gasteiger partial charge in [-0.3, -0.25) is 4.79 Å². The number of nitrogens with zero attached hydrogens (tertiary/aromatic N) is 3. The first kappa shape index (κ1) is 17.2. The molecule has 6 nitrogen and oxygen atoms in total. The van der Waals surface area contributed by atoms with Crippen molar-refractivity contribution in [2.24, 2.45) is 0 Å². The lowest BCUT2D eigenvalue weighted by Crippen LogP contribution is -2.32. The highest BCUT2D eigenvalue weighted by Crippen LogP contribution is 2.19. The fraction of sp³-hybridized carbons (Fsp3) is 0.421. The Bertz CT molecular complexity index is 729. The number of carbonyl (C=O) groups is 1. The van der Waals surface area contributed by atoms with E-state index in [9.17, 15) is 4.79 Å². The second-order valence-electron chi connectivity index (χ2n) is 6.37. The number of benzene rings is 1. The highest BCUT2D eigenvalue weighted by atomic mass is 16.5. The van der Waals surface area contributed by atoms with Gasteiger partial charge in [0.2, 0.25) is 0 Å². The van der Waals surface area contributed by atoms with Gasteiger partial charge < -0.3 is 15.0 Å². The predicted molar refractivity (Wildman–Crippen MR) is 98.0 cm³/mol. The molecule has 6 heteroatoms. The lowest BCUT2D eigenvalue weighted by atomic mass is 10.1. The molecule has 25 heavy (non-hydrogen) atoms. The average Bonchev–Trinajstić information content (AvgIpc) is 2.62. The second-order valence-corrected chi connectivity index (χ2v) is 6.37. The van der Waals surface area contributed by atoms with Crippen molar-refractivity contribution in [3.8, 4) is 5.75 Å². The lowest BCUT2D eigenvalue weighted by molar-refractivity contribution is -0.122. The van der Waals surface area contributed by atoms with E-state index in [0.29, 0.717) is 11.6 Å². The van der Waals surface area contributed by atoms with Crippen molar-refractivity contribution in [2.75, 3.05) is 23.3 Å². The van der Waals surface area contributed by atoms with Gasteiger partial charge in [-0.05, 0) is 50.8 Å². The molecule has 1 fully saturated rings. The van der Waals surface area contributed by atoms with Crippen LogP contribution < -0.4 is 15.0 Å². The van der Waals surface area contributed by atoms with Crippen LogP contribution in [0.4, 0.5) is 11.6 Å². The number of nitrogens with one attached hydrogen (secondary N) is 1. The largest absolute Gasteiger partial charge is 0.481 e. The molecule has 132 valence electrons. The second kappa shape index (κ2) is 7.96. The SMILES string of the molecule is Cc1cccc(OC(C)C(=O)Nc2cc(N3CCCCC3)ncn2)c1. The Labute approximate surface area is 148 Å². The smallest absolute Gasteiger partial charge is 0.266 e. The Morgan fingerprint density at radius 1 is 1.20 bits per heavy atom. The number of hydrogen-bond acceptors (Lipinski definition) is 5. The maximum atomic E-state index is 12.4. The molecule has 1 aliphatic rings. The molecule has 0 bridgehead atoms. The first-order valence-electron chi connectivity index (χ1n) is 8.73. The number of ether oxygens (including phenoxy) is 1. The zero-order valence-corrected chi connectivity index (χ0v) is 14.7. The van der Waals surface area contributed by atoms with Crippen molar-refractivity contribution in [1.82, 2.24) is 9.97 Å². The van der Waals surface area contributed by atoms with Crippen LogP contribution in [0.3, 0.4) is 0 Å². The number of aryl methyl sites for hydroxylation is 1. The van der Waals surface area contributed by atoms with Gasteiger partial charge in [-0.1, -0.05) is 12.1 Å². The van der Waals surface area contributed by atoms with Gasteiger partial charge in [-0.25, -0.2) is 9.97 Å². The molecule has 1 saturated heterocycles. The molecule has 2 heterocycles. The summed E-state index contributed by atoms with van der Waals surface area (Å²) in [6, 6.07) is 9.46. The van der Waals surface area contributed by atoms with Gasteiger partial charge in [-0.2, -0.15) is 0 Å². The van der Waals surface area contributed by atoms with Crippen LogP contribution in [-0.4, -0.2) is 35.1 Å². The van der Waals surface area contributed by atoms with Crippen LogP contribution in [0.1, 0.15) is 31.7 Å². The summed E-state index contributed by atoms with van der Waals surface area (Å²) >= 11 is 0. The van der Waals surface area contributed by atoms with Crippen molar-refractivity contribution >= 4 is 17.5 Å². The molecule has 3 rings (SSSR count). The Morgan fingerprint density at radius 2 is 2.00 bits per heavy atom. The summed E-state index contributed by atoms with van der Waals surface area (Å²) < 4.78 is 5.71. The first-order chi connectivity index (χ1) is 12.1. The topological polar surface area (TPSA) is 67.3 Å². The summed E-state index contributed by atoms with van der Waals surface area (Å²) in [5, 5.41) is 2.81. The monoisotopic (exact) mass is 340 g/mol. The zero-order chi connectivity index (χ0) is 17.6. The van der Waals surface area contributed by atoms with Gasteiger partial charge in [0.05, 0.1) is 0 Å². The van der Waals surface area contributed by atoms with Gasteiger partial charge in [0, 0.05) is 19.2 Å². The molecule has 1 atom stereocenters. The van der Waals surface area contributed by atoms with E-state index in [4.69, 9.17) is 4.74 Å². The normalized spacial score (nSPS) is 15.5. The molecule has 0 saturated carbocycles. The van der Waals surface area contributed by atoms with E-state index in [1.807, 2.05) is 37.3 Å². The molecule has 0 aliphatic carbocycles. The minimum absolute atomic E-state index is 0.232. The van der Waals surface area contributed by atoms with E-state index >= 15 is 0 Å². The fourth-order valence-corrected chi connectivity index (χ4v) is 2.89. The number of hydrogen-bond donors (Lipinski definition) is 1. The van der Waals surface area contributed by atoms with Crippen LogP contribution in [0.2, 0.25) is 0 Å². The molecule has 1 aliphatic heterocycles. The van der Waals surface area contributed by atoms with E-state index in [2.05, 4.69) is 20.2 Å². The first-order valence-corrected chi connectivity index (χ1v) is 8.73. The van der Waals surface area contributed by atoms with E-state index < -0.39 is 6.10 Å². The molecule has 0 spiro atoms. The standard InChI is InChI=1S/C19H24N4O2/c1-14-7-6-8-16(11-14)25-15(2)19(24)22-17-12-18(21-13-20-17)23-9-4-3-5-10-23/h6-8,11-13,15H,3-5,9-10H2,1-2H3,(H,20,21,22,24). The summed E-state index contributed by atoms with van der Waals surface area (Å²) in [7, 11) is 0. The van der Waals surface area contributed by atoms with E-state index in [1.54, 1.807) is 6.92 Å². The van der Waals surface area contributed by atoms with Gasteiger partial charge in [0.1, 0.15) is 23.7 Å². The average molecular weight is 340 g/mol. The van der Waals surface area contributed by atoms with Crippen LogP contribution in [0.15, 0.2) is 36.7 Å². The molecule has 1 amide bonds. The summed E-state index contributed by atoms with van der Waals surface area (Å²) in [5.74, 6) is 1.81. The van der Waals surface area contributed by atoms with Crippen LogP contribution in [0.5, 0.6) is 5.75 Å². The fourth-order valence-electron chi connectivity index (χ4n) is 2.89. The maximum absolute atomic E-state index is 12.4. The number of anilines is 2. The summed E-state index contributed by atoms with van der Waals surface area (Å²) in [5.41, 5.74) is 1.09. The van der Waals surface area contributed by atoms with Crippen molar-refractivity contribution in [2.45, 2.75) is 39.2 Å². The van der Waals surface area contributed by atoms with Gasteiger partial charge in [-0.15, -0.1) is 0 Å². The summed E-state index contributed by atoms with van der Waals surface area (Å²) in [6.07, 6.45) is 4.49. The number of aromatic nitrogens is 2. The van der Waals surface area contributed by atoms with Gasteiger partial charge in [0.15, 0.2) is 6.10 Å². The minimum Gasteiger partial charge on any atom is -0.481 e. The molecule has 1 unspecified atom stereocenters. The number of rotatable bonds is 5. The van der Waals surface area contributed by atoms with Crippen molar-refractivity contribution in [1.29, 1.82) is 0 Å². The van der Waals surface area contributed by atoms with Crippen molar-refractivity contribution in [3.63, 3.8) is 0 Å². The molecular weight excluding hydrogens is 316 g/mol. The predicted octanol–water partition coefficient (Wildman–Crippen LogP) is 3.18. The summed E-state index contributed by atoms with van der Waals surface area (Å²) in [6.45, 7) is 5.71.